The normalized spacial score (nSPS) is 13.9. The SMILES string of the molecule is Nc1ncc(-c2ccc(CNS(=O)O)cc2)c2scc(-c3ccc4c(c3)CCN4)c12. The number of rotatable bonds is 5. The zero-order chi connectivity index (χ0) is 20.7. The average Bonchev–Trinajstić information content (AvgIpc) is 3.40. The van der Waals surface area contributed by atoms with Crippen LogP contribution >= 0.6 is 11.3 Å². The summed E-state index contributed by atoms with van der Waals surface area (Å²) in [6.07, 6.45) is 2.86. The van der Waals surface area contributed by atoms with Crippen LogP contribution < -0.4 is 15.8 Å². The standard InChI is InChI=1S/C22H20N4O2S2/c23-22-20-18(15-5-6-19-16(9-15)7-8-24-19)12-29-21(20)17(11-25-22)14-3-1-13(2-4-14)10-26-30(27)28/h1-6,9,11-12,24,26H,7-8,10H2,(H2,23,25)(H,27,28). The van der Waals surface area contributed by atoms with Crippen molar-refractivity contribution in [2.24, 2.45) is 0 Å². The average molecular weight is 437 g/mol. The van der Waals surface area contributed by atoms with Gasteiger partial charge in [-0.3, -0.25) is 4.55 Å². The van der Waals surface area contributed by atoms with Crippen LogP contribution in [0, 0.1) is 0 Å². The molecule has 0 bridgehead atoms. The molecule has 1 aliphatic rings. The van der Waals surface area contributed by atoms with E-state index in [1.54, 1.807) is 11.3 Å². The van der Waals surface area contributed by atoms with Crippen LogP contribution in [0.2, 0.25) is 0 Å². The molecule has 0 saturated heterocycles. The van der Waals surface area contributed by atoms with Crippen LogP contribution in [-0.4, -0.2) is 20.3 Å². The Morgan fingerprint density at radius 3 is 2.77 bits per heavy atom. The molecule has 0 fully saturated rings. The van der Waals surface area contributed by atoms with Gasteiger partial charge < -0.3 is 11.1 Å². The third-order valence-corrected chi connectivity index (χ3v) is 6.82. The number of nitrogens with one attached hydrogen (secondary N) is 2. The molecular formula is C22H20N4O2S2. The van der Waals surface area contributed by atoms with Crippen LogP contribution in [0.1, 0.15) is 11.1 Å². The van der Waals surface area contributed by atoms with Crippen LogP contribution in [0.15, 0.2) is 54.0 Å². The van der Waals surface area contributed by atoms with Crippen LogP contribution in [0.5, 0.6) is 0 Å². The summed E-state index contributed by atoms with van der Waals surface area (Å²) in [4.78, 5) is 4.48. The molecule has 1 unspecified atom stereocenters. The number of nitrogens with two attached hydrogens (primary N) is 1. The second-order valence-corrected chi connectivity index (χ2v) is 8.89. The molecule has 0 amide bonds. The van der Waals surface area contributed by atoms with Gasteiger partial charge in [0.15, 0.2) is 0 Å². The Balaban J connectivity index is 1.55. The van der Waals surface area contributed by atoms with E-state index in [2.05, 4.69) is 38.6 Å². The summed E-state index contributed by atoms with van der Waals surface area (Å²) >= 11 is -0.346. The third-order valence-electron chi connectivity index (χ3n) is 5.42. The molecule has 8 heteroatoms. The van der Waals surface area contributed by atoms with Gasteiger partial charge in [0.2, 0.25) is 11.3 Å². The van der Waals surface area contributed by atoms with E-state index in [1.165, 1.54) is 11.3 Å². The van der Waals surface area contributed by atoms with Crippen molar-refractivity contribution in [2.45, 2.75) is 13.0 Å². The van der Waals surface area contributed by atoms with Crippen molar-refractivity contribution < 1.29 is 8.76 Å². The number of hydrogen-bond acceptors (Lipinski definition) is 5. The molecular weight excluding hydrogens is 416 g/mol. The van der Waals surface area contributed by atoms with Gasteiger partial charge in [0.25, 0.3) is 0 Å². The first-order valence-electron chi connectivity index (χ1n) is 9.56. The summed E-state index contributed by atoms with van der Waals surface area (Å²) in [5.41, 5.74) is 14.1. The molecule has 0 saturated carbocycles. The van der Waals surface area contributed by atoms with Gasteiger partial charge in [0, 0.05) is 46.2 Å². The maximum atomic E-state index is 10.8. The minimum absolute atomic E-state index is 0.328. The first-order chi connectivity index (χ1) is 14.6. The van der Waals surface area contributed by atoms with E-state index in [0.29, 0.717) is 12.4 Å². The largest absolute Gasteiger partial charge is 0.384 e. The summed E-state index contributed by atoms with van der Waals surface area (Å²) in [6.45, 7) is 1.31. The van der Waals surface area contributed by atoms with Gasteiger partial charge in [-0.2, -0.15) is 0 Å². The van der Waals surface area contributed by atoms with E-state index in [-0.39, 0.29) is 0 Å². The topological polar surface area (TPSA) is 100 Å². The highest BCUT2D eigenvalue weighted by atomic mass is 32.2. The van der Waals surface area contributed by atoms with Crippen molar-refractivity contribution in [3.63, 3.8) is 0 Å². The van der Waals surface area contributed by atoms with Gasteiger partial charge in [-0.15, -0.1) is 11.3 Å². The first kappa shape index (κ1) is 19.2. The molecule has 0 aliphatic carbocycles. The Kier molecular flexibility index (Phi) is 5.00. The molecule has 0 spiro atoms. The Labute approximate surface area is 180 Å². The van der Waals surface area contributed by atoms with Crippen LogP contribution in [0.25, 0.3) is 32.3 Å². The van der Waals surface area contributed by atoms with Crippen LogP contribution in [-0.2, 0) is 24.2 Å². The number of nitrogens with zero attached hydrogens (tertiary/aromatic N) is 1. The lowest BCUT2D eigenvalue weighted by atomic mass is 9.99. The van der Waals surface area contributed by atoms with Gasteiger partial charge in [0.1, 0.15) is 5.82 Å². The number of aromatic nitrogens is 1. The van der Waals surface area contributed by atoms with Crippen molar-refractivity contribution in [2.75, 3.05) is 17.6 Å². The van der Waals surface area contributed by atoms with E-state index in [0.717, 1.165) is 50.9 Å². The highest BCUT2D eigenvalue weighted by molar-refractivity contribution is 7.77. The lowest BCUT2D eigenvalue weighted by Gasteiger charge is -2.09. The Morgan fingerprint density at radius 2 is 1.97 bits per heavy atom. The van der Waals surface area contributed by atoms with Gasteiger partial charge >= 0.3 is 0 Å². The monoisotopic (exact) mass is 436 g/mol. The summed E-state index contributed by atoms with van der Waals surface area (Å²) in [5.74, 6) is 0.537. The molecule has 1 aliphatic heterocycles. The molecule has 5 N–H and O–H groups in total. The molecule has 152 valence electrons. The van der Waals surface area contributed by atoms with Gasteiger partial charge in [-0.25, -0.2) is 13.9 Å². The smallest absolute Gasteiger partial charge is 0.232 e. The fourth-order valence-corrected chi connectivity index (χ4v) is 5.32. The lowest BCUT2D eigenvalue weighted by Crippen LogP contribution is -2.15. The Morgan fingerprint density at radius 1 is 1.17 bits per heavy atom. The molecule has 3 heterocycles. The van der Waals surface area contributed by atoms with E-state index < -0.39 is 11.3 Å². The second-order valence-electron chi connectivity index (χ2n) is 7.23. The zero-order valence-electron chi connectivity index (χ0n) is 16.0. The fourth-order valence-electron chi connectivity index (χ4n) is 3.91. The lowest BCUT2D eigenvalue weighted by molar-refractivity contribution is 0.548. The number of thiophene rings is 1. The molecule has 5 rings (SSSR count). The third kappa shape index (κ3) is 3.48. The van der Waals surface area contributed by atoms with Gasteiger partial charge in [-0.1, -0.05) is 30.3 Å². The maximum Gasteiger partial charge on any atom is 0.232 e. The minimum Gasteiger partial charge on any atom is -0.384 e. The van der Waals surface area contributed by atoms with Crippen molar-refractivity contribution in [3.8, 4) is 22.3 Å². The quantitative estimate of drug-likeness (QED) is 0.347. The summed E-state index contributed by atoms with van der Waals surface area (Å²) < 4.78 is 23.3. The Hall–Kier alpha value is -2.78. The van der Waals surface area contributed by atoms with Gasteiger partial charge in [-0.05, 0) is 46.2 Å². The number of benzene rings is 2. The van der Waals surface area contributed by atoms with E-state index in [1.807, 2.05) is 30.5 Å². The van der Waals surface area contributed by atoms with E-state index in [4.69, 9.17) is 10.3 Å². The molecule has 2 aromatic heterocycles. The molecule has 2 aromatic carbocycles. The maximum absolute atomic E-state index is 10.8. The molecule has 4 aromatic rings. The summed E-state index contributed by atoms with van der Waals surface area (Å²) in [7, 11) is 0. The highest BCUT2D eigenvalue weighted by Crippen LogP contribution is 2.42. The van der Waals surface area contributed by atoms with Crippen molar-refractivity contribution >= 4 is 44.2 Å². The fraction of sp³-hybridized carbons (Fsp3) is 0.136. The van der Waals surface area contributed by atoms with Crippen molar-refractivity contribution in [3.05, 3.63) is 65.2 Å². The molecule has 6 nitrogen and oxygen atoms in total. The van der Waals surface area contributed by atoms with E-state index >= 15 is 0 Å². The van der Waals surface area contributed by atoms with Gasteiger partial charge in [0.05, 0.1) is 0 Å². The number of pyridine rings is 1. The second kappa shape index (κ2) is 7.81. The predicted molar refractivity (Wildman–Crippen MR) is 125 cm³/mol. The molecule has 1 atom stereocenters. The zero-order valence-corrected chi connectivity index (χ0v) is 17.6. The van der Waals surface area contributed by atoms with Crippen molar-refractivity contribution in [1.29, 1.82) is 0 Å². The summed E-state index contributed by atoms with van der Waals surface area (Å²) in [5, 5.41) is 6.55. The summed E-state index contributed by atoms with van der Waals surface area (Å²) in [6, 6.07) is 14.4. The number of hydrogen-bond donors (Lipinski definition) is 4. The molecule has 0 radical (unpaired) electrons. The Bertz CT molecular complexity index is 1270. The van der Waals surface area contributed by atoms with Crippen LogP contribution in [0.4, 0.5) is 11.5 Å². The highest BCUT2D eigenvalue weighted by Gasteiger charge is 2.17. The predicted octanol–water partition coefficient (Wildman–Crippen LogP) is 4.41. The molecule has 30 heavy (non-hydrogen) atoms. The number of fused-ring (bicyclic) bond motifs is 2. The van der Waals surface area contributed by atoms with Crippen molar-refractivity contribution in [1.82, 2.24) is 9.71 Å². The first-order valence-corrected chi connectivity index (χ1v) is 11.6. The minimum atomic E-state index is -2.02. The number of nitrogen functional groups attached to an aromatic ring is 1. The van der Waals surface area contributed by atoms with E-state index in [9.17, 15) is 4.21 Å². The number of anilines is 2. The van der Waals surface area contributed by atoms with Crippen LogP contribution in [0.3, 0.4) is 0 Å².